The molecule has 2 N–H and O–H groups in total. The zero-order valence-corrected chi connectivity index (χ0v) is 15.2. The molecular formula is C18H12Cl2N6O. The first-order valence-corrected chi connectivity index (χ1v) is 8.64. The van der Waals surface area contributed by atoms with Gasteiger partial charge in [0.25, 0.3) is 5.91 Å². The zero-order chi connectivity index (χ0) is 18.8. The molecule has 0 saturated carbocycles. The molecule has 0 radical (unpaired) electrons. The lowest BCUT2D eigenvalue weighted by atomic mass is 10.2. The van der Waals surface area contributed by atoms with Gasteiger partial charge < -0.3 is 0 Å². The number of fused-ring (bicyclic) bond motifs is 1. The van der Waals surface area contributed by atoms with Gasteiger partial charge in [0, 0.05) is 15.6 Å². The Labute approximate surface area is 163 Å². The number of hydrogen-bond donors (Lipinski definition) is 2. The monoisotopic (exact) mass is 398 g/mol. The number of carbonyl (C=O) groups excluding carboxylic acids is 1. The Morgan fingerprint density at radius 2 is 1.81 bits per heavy atom. The molecule has 0 atom stereocenters. The van der Waals surface area contributed by atoms with Gasteiger partial charge in [-0.3, -0.25) is 15.6 Å². The van der Waals surface area contributed by atoms with Crippen LogP contribution in [0.5, 0.6) is 0 Å². The van der Waals surface area contributed by atoms with Gasteiger partial charge in [-0.25, -0.2) is 14.6 Å². The van der Waals surface area contributed by atoms with E-state index in [1.54, 1.807) is 47.3 Å². The van der Waals surface area contributed by atoms with E-state index in [0.29, 0.717) is 32.5 Å². The number of hydrazine groups is 1. The molecule has 134 valence electrons. The number of hydrogen-bond acceptors (Lipinski definition) is 5. The lowest BCUT2D eigenvalue weighted by Gasteiger charge is -2.09. The van der Waals surface area contributed by atoms with Crippen LogP contribution in [0.25, 0.3) is 16.7 Å². The number of halogens is 2. The van der Waals surface area contributed by atoms with Crippen molar-refractivity contribution >= 4 is 46.0 Å². The molecule has 2 aromatic carbocycles. The Morgan fingerprint density at radius 1 is 1.00 bits per heavy atom. The molecule has 4 rings (SSSR count). The first-order valence-electron chi connectivity index (χ1n) is 7.88. The first-order chi connectivity index (χ1) is 13.1. The number of benzene rings is 2. The van der Waals surface area contributed by atoms with Gasteiger partial charge in [0.1, 0.15) is 6.33 Å². The van der Waals surface area contributed by atoms with Crippen molar-refractivity contribution in [2.24, 2.45) is 0 Å². The Hall–Kier alpha value is -3.16. The second-order valence-corrected chi connectivity index (χ2v) is 6.45. The molecule has 7 nitrogen and oxygen atoms in total. The molecule has 2 heterocycles. The molecule has 0 aliphatic carbocycles. The number of rotatable bonds is 4. The van der Waals surface area contributed by atoms with E-state index in [1.807, 2.05) is 12.1 Å². The summed E-state index contributed by atoms with van der Waals surface area (Å²) in [6.07, 6.45) is 3.01. The summed E-state index contributed by atoms with van der Waals surface area (Å²) in [4.78, 5) is 20.7. The van der Waals surface area contributed by atoms with Crippen LogP contribution in [0.4, 0.5) is 5.82 Å². The van der Waals surface area contributed by atoms with Gasteiger partial charge in [0.15, 0.2) is 11.5 Å². The Kier molecular flexibility index (Phi) is 4.62. The smallest absolute Gasteiger partial charge is 0.269 e. The van der Waals surface area contributed by atoms with Crippen LogP contribution in [0.3, 0.4) is 0 Å². The summed E-state index contributed by atoms with van der Waals surface area (Å²) in [5, 5.41) is 6.15. The number of nitrogens with zero attached hydrogens (tertiary/aromatic N) is 4. The van der Waals surface area contributed by atoms with Gasteiger partial charge >= 0.3 is 0 Å². The number of amides is 1. The van der Waals surface area contributed by atoms with Crippen molar-refractivity contribution in [3.8, 4) is 5.69 Å². The van der Waals surface area contributed by atoms with E-state index in [-0.39, 0.29) is 5.91 Å². The lowest BCUT2D eigenvalue weighted by molar-refractivity contribution is 0.0962. The second-order valence-electron chi connectivity index (χ2n) is 5.58. The highest BCUT2D eigenvalue weighted by Gasteiger charge is 2.12. The normalized spacial score (nSPS) is 10.7. The highest BCUT2D eigenvalue weighted by molar-refractivity contribution is 6.31. The highest BCUT2D eigenvalue weighted by atomic mass is 35.5. The number of aromatic nitrogens is 4. The third kappa shape index (κ3) is 3.55. The topological polar surface area (TPSA) is 84.7 Å². The van der Waals surface area contributed by atoms with E-state index in [2.05, 4.69) is 25.9 Å². The summed E-state index contributed by atoms with van der Waals surface area (Å²) in [6.45, 7) is 0. The largest absolute Gasteiger partial charge is 0.281 e. The van der Waals surface area contributed by atoms with Crippen molar-refractivity contribution < 1.29 is 4.79 Å². The van der Waals surface area contributed by atoms with Gasteiger partial charge in [-0.15, -0.1) is 0 Å². The minimum Gasteiger partial charge on any atom is -0.281 e. The summed E-state index contributed by atoms with van der Waals surface area (Å²) in [5.74, 6) is 0.108. The van der Waals surface area contributed by atoms with Crippen molar-refractivity contribution in [1.82, 2.24) is 25.2 Å². The second kappa shape index (κ2) is 7.22. The average Bonchev–Trinajstić information content (AvgIpc) is 3.11. The first kappa shape index (κ1) is 17.3. The number of nitrogens with one attached hydrogen (secondary N) is 2. The fourth-order valence-electron chi connectivity index (χ4n) is 2.53. The summed E-state index contributed by atoms with van der Waals surface area (Å²) in [6, 6.07) is 13.8. The number of carbonyl (C=O) groups is 1. The lowest BCUT2D eigenvalue weighted by Crippen LogP contribution is -2.29. The molecule has 0 aliphatic heterocycles. The van der Waals surface area contributed by atoms with Crippen LogP contribution in [-0.4, -0.2) is 25.7 Å². The Balaban J connectivity index is 1.60. The zero-order valence-electron chi connectivity index (χ0n) is 13.7. The van der Waals surface area contributed by atoms with Crippen molar-refractivity contribution in [3.63, 3.8) is 0 Å². The van der Waals surface area contributed by atoms with E-state index in [1.165, 1.54) is 6.33 Å². The maximum absolute atomic E-state index is 12.2. The van der Waals surface area contributed by atoms with Crippen molar-refractivity contribution in [2.75, 3.05) is 5.43 Å². The van der Waals surface area contributed by atoms with Crippen molar-refractivity contribution in [2.45, 2.75) is 0 Å². The maximum atomic E-state index is 12.2. The van der Waals surface area contributed by atoms with Gasteiger partial charge in [0.05, 0.1) is 17.3 Å². The molecule has 9 heteroatoms. The van der Waals surface area contributed by atoms with Crippen LogP contribution < -0.4 is 10.9 Å². The fourth-order valence-corrected chi connectivity index (χ4v) is 2.84. The van der Waals surface area contributed by atoms with E-state index in [9.17, 15) is 4.79 Å². The molecule has 0 unspecified atom stereocenters. The SMILES string of the molecule is O=C(NNc1ncnc2c1cnn2-c1cccc(Cl)c1)c1ccc(Cl)cc1. The van der Waals surface area contributed by atoms with Gasteiger partial charge in [0.2, 0.25) is 0 Å². The molecule has 0 fully saturated rings. The van der Waals surface area contributed by atoms with Gasteiger partial charge in [-0.2, -0.15) is 5.10 Å². The van der Waals surface area contributed by atoms with E-state index in [0.717, 1.165) is 5.69 Å². The average molecular weight is 399 g/mol. The summed E-state index contributed by atoms with van der Waals surface area (Å²) >= 11 is 11.9. The number of anilines is 1. The quantitative estimate of drug-likeness (QED) is 0.509. The molecule has 27 heavy (non-hydrogen) atoms. The maximum Gasteiger partial charge on any atom is 0.269 e. The minimum absolute atomic E-state index is 0.319. The fraction of sp³-hybridized carbons (Fsp3) is 0. The summed E-state index contributed by atoms with van der Waals surface area (Å²) < 4.78 is 1.65. The van der Waals surface area contributed by atoms with Crippen LogP contribution in [0.15, 0.2) is 61.1 Å². The highest BCUT2D eigenvalue weighted by Crippen LogP contribution is 2.22. The third-order valence-corrected chi connectivity index (χ3v) is 4.31. The van der Waals surface area contributed by atoms with Crippen LogP contribution >= 0.6 is 23.2 Å². The summed E-state index contributed by atoms with van der Waals surface area (Å²) in [5.41, 5.74) is 7.23. The minimum atomic E-state index is -0.319. The molecule has 0 bridgehead atoms. The standard InChI is InChI=1S/C18H12Cl2N6O/c19-12-6-4-11(5-7-12)18(27)25-24-16-15-9-23-26(17(15)22-10-21-16)14-3-1-2-13(20)8-14/h1-10H,(H,25,27)(H,21,22,24). The van der Waals surface area contributed by atoms with Crippen LogP contribution in [0.2, 0.25) is 10.0 Å². The van der Waals surface area contributed by atoms with Gasteiger partial charge in [-0.1, -0.05) is 29.3 Å². The van der Waals surface area contributed by atoms with Crippen LogP contribution in [-0.2, 0) is 0 Å². The van der Waals surface area contributed by atoms with E-state index >= 15 is 0 Å². The van der Waals surface area contributed by atoms with E-state index in [4.69, 9.17) is 23.2 Å². The molecule has 0 saturated heterocycles. The molecule has 2 aromatic heterocycles. The predicted molar refractivity (Wildman–Crippen MR) is 104 cm³/mol. The van der Waals surface area contributed by atoms with E-state index < -0.39 is 0 Å². The van der Waals surface area contributed by atoms with Crippen LogP contribution in [0.1, 0.15) is 10.4 Å². The molecular weight excluding hydrogens is 387 g/mol. The molecule has 0 spiro atoms. The summed E-state index contributed by atoms with van der Waals surface area (Å²) in [7, 11) is 0. The predicted octanol–water partition coefficient (Wildman–Crippen LogP) is 3.88. The van der Waals surface area contributed by atoms with Crippen molar-refractivity contribution in [3.05, 3.63) is 76.7 Å². The Bertz CT molecular complexity index is 1130. The molecule has 1 amide bonds. The van der Waals surface area contributed by atoms with Crippen LogP contribution in [0, 0.1) is 0 Å². The molecule has 0 aliphatic rings. The van der Waals surface area contributed by atoms with Gasteiger partial charge in [-0.05, 0) is 42.5 Å². The Morgan fingerprint density at radius 3 is 2.59 bits per heavy atom. The third-order valence-electron chi connectivity index (χ3n) is 3.82. The van der Waals surface area contributed by atoms with Crippen molar-refractivity contribution in [1.29, 1.82) is 0 Å². The molecule has 4 aromatic rings.